The number of rotatable bonds is 1. The van der Waals surface area contributed by atoms with Crippen molar-refractivity contribution in [2.75, 3.05) is 7.11 Å². The van der Waals surface area contributed by atoms with Gasteiger partial charge in [-0.15, -0.1) is 0 Å². The molecule has 0 amide bonds. The van der Waals surface area contributed by atoms with E-state index in [1.54, 1.807) is 0 Å². The summed E-state index contributed by atoms with van der Waals surface area (Å²) < 4.78 is 21.8. The van der Waals surface area contributed by atoms with E-state index in [0.29, 0.717) is 0 Å². The lowest BCUT2D eigenvalue weighted by atomic mass is 10.0. The number of hydrogen-bond donors (Lipinski definition) is 1. The Labute approximate surface area is 89.3 Å². The average Bonchev–Trinajstić information content (AvgIpc) is 2.48. The van der Waals surface area contributed by atoms with Gasteiger partial charge < -0.3 is 24.1 Å². The van der Waals surface area contributed by atoms with Gasteiger partial charge in [0.25, 0.3) is 0 Å². The SMILES string of the molecule is COC1O[C@H](C)[C@@H]2OC(C)(C)O[C@@H]2[C@H]1O. The number of ether oxygens (including phenoxy) is 4. The lowest BCUT2D eigenvalue weighted by molar-refractivity contribution is -0.265. The van der Waals surface area contributed by atoms with E-state index in [1.807, 2.05) is 20.8 Å². The zero-order valence-corrected chi connectivity index (χ0v) is 9.47. The van der Waals surface area contributed by atoms with Gasteiger partial charge in [-0.25, -0.2) is 0 Å². The molecule has 0 aromatic carbocycles. The second kappa shape index (κ2) is 3.68. The minimum Gasteiger partial charge on any atom is -0.385 e. The predicted octanol–water partition coefficient (Wildman–Crippen LogP) is 0.259. The van der Waals surface area contributed by atoms with E-state index in [1.165, 1.54) is 7.11 Å². The van der Waals surface area contributed by atoms with Gasteiger partial charge in [-0.1, -0.05) is 0 Å². The molecule has 5 nitrogen and oxygen atoms in total. The first-order valence-electron chi connectivity index (χ1n) is 5.16. The number of aliphatic hydroxyl groups excluding tert-OH is 1. The van der Waals surface area contributed by atoms with Gasteiger partial charge in [0.1, 0.15) is 18.3 Å². The molecule has 2 fully saturated rings. The van der Waals surface area contributed by atoms with E-state index in [2.05, 4.69) is 0 Å². The second-order valence-corrected chi connectivity index (χ2v) is 4.50. The topological polar surface area (TPSA) is 57.2 Å². The molecule has 1 N–H and O–H groups in total. The van der Waals surface area contributed by atoms with Crippen LogP contribution in [0.4, 0.5) is 0 Å². The van der Waals surface area contributed by atoms with Crippen molar-refractivity contribution in [1.82, 2.24) is 0 Å². The van der Waals surface area contributed by atoms with Crippen LogP contribution in [0, 0.1) is 0 Å². The number of aliphatic hydroxyl groups is 1. The van der Waals surface area contributed by atoms with Crippen molar-refractivity contribution in [1.29, 1.82) is 0 Å². The molecule has 5 atom stereocenters. The summed E-state index contributed by atoms with van der Waals surface area (Å²) in [6.45, 7) is 5.54. The first kappa shape index (κ1) is 11.3. The minimum absolute atomic E-state index is 0.148. The molecule has 0 aromatic rings. The van der Waals surface area contributed by atoms with Crippen LogP contribution < -0.4 is 0 Å². The Balaban J connectivity index is 2.16. The lowest BCUT2D eigenvalue weighted by Crippen LogP contribution is -2.55. The Kier molecular flexibility index (Phi) is 2.77. The second-order valence-electron chi connectivity index (χ2n) is 4.50. The van der Waals surface area contributed by atoms with Crippen molar-refractivity contribution in [2.24, 2.45) is 0 Å². The van der Waals surface area contributed by atoms with Crippen LogP contribution in [0.15, 0.2) is 0 Å². The summed E-state index contributed by atoms with van der Waals surface area (Å²) in [5, 5.41) is 9.93. The van der Waals surface area contributed by atoms with E-state index < -0.39 is 18.2 Å². The first-order valence-corrected chi connectivity index (χ1v) is 5.16. The van der Waals surface area contributed by atoms with Crippen LogP contribution >= 0.6 is 0 Å². The highest BCUT2D eigenvalue weighted by Crippen LogP contribution is 2.37. The van der Waals surface area contributed by atoms with Crippen molar-refractivity contribution in [3.63, 3.8) is 0 Å². The largest absolute Gasteiger partial charge is 0.385 e. The zero-order chi connectivity index (χ0) is 11.2. The van der Waals surface area contributed by atoms with Crippen molar-refractivity contribution < 1.29 is 24.1 Å². The Morgan fingerprint density at radius 1 is 1.20 bits per heavy atom. The third kappa shape index (κ3) is 1.90. The molecule has 15 heavy (non-hydrogen) atoms. The van der Waals surface area contributed by atoms with Crippen LogP contribution in [0.3, 0.4) is 0 Å². The molecule has 1 unspecified atom stereocenters. The number of hydrogen-bond acceptors (Lipinski definition) is 5. The summed E-state index contributed by atoms with van der Waals surface area (Å²) in [6, 6.07) is 0. The van der Waals surface area contributed by atoms with Crippen molar-refractivity contribution in [2.45, 2.75) is 57.3 Å². The smallest absolute Gasteiger partial charge is 0.186 e. The summed E-state index contributed by atoms with van der Waals surface area (Å²) in [5.41, 5.74) is 0. The van der Waals surface area contributed by atoms with E-state index in [0.717, 1.165) is 0 Å². The maximum atomic E-state index is 9.93. The van der Waals surface area contributed by atoms with Gasteiger partial charge in [-0.3, -0.25) is 0 Å². The van der Waals surface area contributed by atoms with Crippen LogP contribution in [0.1, 0.15) is 20.8 Å². The number of methoxy groups -OCH3 is 1. The Morgan fingerprint density at radius 2 is 1.80 bits per heavy atom. The molecule has 0 saturated carbocycles. The summed E-state index contributed by atoms with van der Waals surface area (Å²) >= 11 is 0. The maximum absolute atomic E-state index is 9.93. The highest BCUT2D eigenvalue weighted by molar-refractivity contribution is 4.94. The lowest BCUT2D eigenvalue weighted by Gasteiger charge is -2.37. The van der Waals surface area contributed by atoms with Gasteiger partial charge in [-0.2, -0.15) is 0 Å². The maximum Gasteiger partial charge on any atom is 0.186 e. The van der Waals surface area contributed by atoms with Crippen LogP contribution in [-0.4, -0.2) is 48.7 Å². The van der Waals surface area contributed by atoms with Gasteiger partial charge in [-0.05, 0) is 20.8 Å². The molecule has 2 heterocycles. The fourth-order valence-electron chi connectivity index (χ4n) is 2.16. The summed E-state index contributed by atoms with van der Waals surface area (Å²) in [6.07, 6.45) is -2.21. The first-order chi connectivity index (χ1) is 6.94. The fraction of sp³-hybridized carbons (Fsp3) is 1.00. The van der Waals surface area contributed by atoms with Gasteiger partial charge >= 0.3 is 0 Å². The predicted molar refractivity (Wildman–Crippen MR) is 51.2 cm³/mol. The summed E-state index contributed by atoms with van der Waals surface area (Å²) in [5.74, 6) is -0.670. The van der Waals surface area contributed by atoms with Gasteiger partial charge in [0, 0.05) is 7.11 Å². The molecule has 2 aliphatic heterocycles. The Hall–Kier alpha value is -0.200. The minimum atomic E-state index is -0.807. The monoisotopic (exact) mass is 218 g/mol. The molecule has 88 valence electrons. The third-order valence-electron chi connectivity index (χ3n) is 2.82. The van der Waals surface area contributed by atoms with Gasteiger partial charge in [0.15, 0.2) is 12.1 Å². The van der Waals surface area contributed by atoms with Gasteiger partial charge in [0.2, 0.25) is 0 Å². The molecule has 5 heteroatoms. The third-order valence-corrected chi connectivity index (χ3v) is 2.82. The Bertz CT molecular complexity index is 242. The molecule has 2 aliphatic rings. The molecule has 2 rings (SSSR count). The van der Waals surface area contributed by atoms with E-state index in [4.69, 9.17) is 18.9 Å². The molecular weight excluding hydrogens is 200 g/mol. The molecule has 0 spiro atoms. The van der Waals surface area contributed by atoms with Crippen molar-refractivity contribution >= 4 is 0 Å². The molecule has 0 aromatic heterocycles. The molecular formula is C10H18O5. The highest BCUT2D eigenvalue weighted by Gasteiger charge is 2.53. The fourth-order valence-corrected chi connectivity index (χ4v) is 2.16. The van der Waals surface area contributed by atoms with Crippen LogP contribution in [0.2, 0.25) is 0 Å². The normalized spacial score (nSPS) is 49.0. The van der Waals surface area contributed by atoms with Crippen LogP contribution in [-0.2, 0) is 18.9 Å². The van der Waals surface area contributed by atoms with E-state index in [9.17, 15) is 5.11 Å². The Morgan fingerprint density at radius 3 is 2.40 bits per heavy atom. The quantitative estimate of drug-likeness (QED) is 0.684. The van der Waals surface area contributed by atoms with Crippen LogP contribution in [0.25, 0.3) is 0 Å². The van der Waals surface area contributed by atoms with E-state index >= 15 is 0 Å². The molecule has 2 saturated heterocycles. The average molecular weight is 218 g/mol. The molecule has 0 bridgehead atoms. The standard InChI is InChI=1S/C10H18O5/c1-5-7-8(15-10(2,3)14-7)6(11)9(12-4)13-5/h5-9,11H,1-4H3/t5-,6-,7+,8-,9?/m1/s1. The van der Waals surface area contributed by atoms with Crippen molar-refractivity contribution in [3.05, 3.63) is 0 Å². The van der Waals surface area contributed by atoms with Crippen LogP contribution in [0.5, 0.6) is 0 Å². The molecule has 0 aliphatic carbocycles. The van der Waals surface area contributed by atoms with Gasteiger partial charge in [0.05, 0.1) is 6.10 Å². The highest BCUT2D eigenvalue weighted by atomic mass is 16.8. The van der Waals surface area contributed by atoms with E-state index in [-0.39, 0.29) is 18.3 Å². The zero-order valence-electron chi connectivity index (χ0n) is 9.47. The van der Waals surface area contributed by atoms with Crippen molar-refractivity contribution in [3.8, 4) is 0 Å². The molecule has 0 radical (unpaired) electrons. The number of fused-ring (bicyclic) bond motifs is 1. The summed E-state index contributed by atoms with van der Waals surface area (Å²) in [4.78, 5) is 0. The summed E-state index contributed by atoms with van der Waals surface area (Å²) in [7, 11) is 1.50.